The van der Waals surface area contributed by atoms with Gasteiger partial charge in [0.15, 0.2) is 0 Å². The summed E-state index contributed by atoms with van der Waals surface area (Å²) in [5, 5.41) is 14.9. The Morgan fingerprint density at radius 3 is 2.53 bits per heavy atom. The minimum atomic E-state index is -0.852. The van der Waals surface area contributed by atoms with Gasteiger partial charge < -0.3 is 20.5 Å². The Balaban J connectivity index is 2.43. The van der Waals surface area contributed by atoms with Gasteiger partial charge in [0.2, 0.25) is 5.91 Å². The van der Waals surface area contributed by atoms with Gasteiger partial charge in [-0.05, 0) is 12.8 Å². The fourth-order valence-corrected chi connectivity index (χ4v) is 2.58. The molecule has 0 radical (unpaired) electrons. The maximum atomic E-state index is 11.9. The third-order valence-corrected chi connectivity index (χ3v) is 3.47. The normalized spacial score (nSPS) is 17.9. The van der Waals surface area contributed by atoms with Gasteiger partial charge in [-0.3, -0.25) is 9.59 Å². The summed E-state index contributed by atoms with van der Waals surface area (Å²) in [7, 11) is 1.60. The van der Waals surface area contributed by atoms with Crippen LogP contribution >= 0.6 is 0 Å². The molecule has 1 rings (SSSR count). The number of carbonyl (C=O) groups is 2. The summed E-state index contributed by atoms with van der Waals surface area (Å²) in [5.41, 5.74) is -0.551. The molecular formula is C13H24N2O4. The number of amides is 1. The minimum absolute atomic E-state index is 0.0107. The van der Waals surface area contributed by atoms with E-state index >= 15 is 0 Å². The largest absolute Gasteiger partial charge is 0.481 e. The van der Waals surface area contributed by atoms with Crippen molar-refractivity contribution >= 4 is 11.9 Å². The van der Waals surface area contributed by atoms with Crippen LogP contribution in [-0.4, -0.2) is 49.3 Å². The van der Waals surface area contributed by atoms with E-state index in [0.717, 1.165) is 32.1 Å². The van der Waals surface area contributed by atoms with E-state index in [0.29, 0.717) is 13.2 Å². The molecule has 0 aromatic rings. The van der Waals surface area contributed by atoms with Crippen molar-refractivity contribution in [3.63, 3.8) is 0 Å². The lowest BCUT2D eigenvalue weighted by Gasteiger charge is -2.37. The fourth-order valence-electron chi connectivity index (χ4n) is 2.58. The van der Waals surface area contributed by atoms with Gasteiger partial charge in [-0.15, -0.1) is 0 Å². The Hall–Kier alpha value is -1.14. The van der Waals surface area contributed by atoms with Gasteiger partial charge in [0, 0.05) is 13.7 Å². The molecule has 0 saturated heterocycles. The lowest BCUT2D eigenvalue weighted by Crippen LogP contribution is -2.53. The average Bonchev–Trinajstić information content (AvgIpc) is 2.34. The van der Waals surface area contributed by atoms with Crippen LogP contribution < -0.4 is 10.6 Å². The van der Waals surface area contributed by atoms with Crippen LogP contribution in [0.25, 0.3) is 0 Å². The third kappa shape index (κ3) is 6.02. The first-order valence-electron chi connectivity index (χ1n) is 6.80. The molecule has 0 heterocycles. The highest BCUT2D eigenvalue weighted by Gasteiger charge is 2.35. The van der Waals surface area contributed by atoms with E-state index in [2.05, 4.69) is 10.6 Å². The number of ether oxygens (including phenoxy) is 1. The summed E-state index contributed by atoms with van der Waals surface area (Å²) in [6.07, 6.45) is 4.59. The number of hydrogen-bond acceptors (Lipinski definition) is 4. The Labute approximate surface area is 113 Å². The van der Waals surface area contributed by atoms with E-state index in [-0.39, 0.29) is 18.9 Å². The monoisotopic (exact) mass is 272 g/mol. The summed E-state index contributed by atoms with van der Waals surface area (Å²) >= 11 is 0. The summed E-state index contributed by atoms with van der Waals surface area (Å²) in [4.78, 5) is 22.8. The van der Waals surface area contributed by atoms with Crippen molar-refractivity contribution in [2.24, 2.45) is 0 Å². The Morgan fingerprint density at radius 2 is 1.95 bits per heavy atom. The van der Waals surface area contributed by atoms with Crippen molar-refractivity contribution in [1.29, 1.82) is 0 Å². The fraction of sp³-hybridized carbons (Fsp3) is 0.846. The molecule has 6 heteroatoms. The Kier molecular flexibility index (Phi) is 6.80. The first-order valence-corrected chi connectivity index (χ1v) is 6.80. The molecule has 1 saturated carbocycles. The van der Waals surface area contributed by atoms with Gasteiger partial charge in [-0.25, -0.2) is 0 Å². The number of carbonyl (C=O) groups excluding carboxylic acids is 1. The standard InChI is InChI=1S/C13H24N2O4/c1-19-8-7-14-10-11(16)15-13(9-12(17)18)5-3-2-4-6-13/h14H,2-10H2,1H3,(H,15,16)(H,17,18). The molecule has 19 heavy (non-hydrogen) atoms. The van der Waals surface area contributed by atoms with E-state index in [1.807, 2.05) is 0 Å². The molecule has 0 aromatic heterocycles. The van der Waals surface area contributed by atoms with E-state index < -0.39 is 11.5 Å². The first kappa shape index (κ1) is 15.9. The molecule has 0 spiro atoms. The molecule has 1 aliphatic rings. The molecule has 110 valence electrons. The van der Waals surface area contributed by atoms with Crippen LogP contribution in [0.3, 0.4) is 0 Å². The van der Waals surface area contributed by atoms with Crippen LogP contribution in [0.2, 0.25) is 0 Å². The molecule has 1 fully saturated rings. The topological polar surface area (TPSA) is 87.7 Å². The summed E-state index contributed by atoms with van der Waals surface area (Å²) < 4.78 is 4.87. The maximum Gasteiger partial charge on any atom is 0.305 e. The van der Waals surface area contributed by atoms with Crippen LogP contribution in [0, 0.1) is 0 Å². The second-order valence-electron chi connectivity index (χ2n) is 5.13. The number of hydrogen-bond donors (Lipinski definition) is 3. The highest BCUT2D eigenvalue weighted by Crippen LogP contribution is 2.31. The Bertz CT molecular complexity index is 301. The quantitative estimate of drug-likeness (QED) is 0.561. The predicted molar refractivity (Wildman–Crippen MR) is 71.0 cm³/mol. The molecule has 0 aromatic carbocycles. The lowest BCUT2D eigenvalue weighted by molar-refractivity contribution is -0.139. The SMILES string of the molecule is COCCNCC(=O)NC1(CC(=O)O)CCCCC1. The van der Waals surface area contributed by atoms with Gasteiger partial charge in [0.05, 0.1) is 25.1 Å². The van der Waals surface area contributed by atoms with Crippen LogP contribution in [0.15, 0.2) is 0 Å². The second kappa shape index (κ2) is 8.12. The van der Waals surface area contributed by atoms with Crippen molar-refractivity contribution in [2.75, 3.05) is 26.8 Å². The van der Waals surface area contributed by atoms with E-state index in [9.17, 15) is 9.59 Å². The van der Waals surface area contributed by atoms with E-state index in [1.165, 1.54) is 0 Å². The molecule has 1 aliphatic carbocycles. The van der Waals surface area contributed by atoms with Crippen molar-refractivity contribution in [1.82, 2.24) is 10.6 Å². The van der Waals surface area contributed by atoms with Crippen molar-refractivity contribution in [3.8, 4) is 0 Å². The predicted octanol–water partition coefficient (Wildman–Crippen LogP) is 0.516. The minimum Gasteiger partial charge on any atom is -0.481 e. The van der Waals surface area contributed by atoms with Crippen molar-refractivity contribution < 1.29 is 19.4 Å². The second-order valence-corrected chi connectivity index (χ2v) is 5.13. The van der Waals surface area contributed by atoms with E-state index in [4.69, 9.17) is 9.84 Å². The van der Waals surface area contributed by atoms with Crippen LogP contribution in [-0.2, 0) is 14.3 Å². The summed E-state index contributed by atoms with van der Waals surface area (Å²) in [5.74, 6) is -0.992. The zero-order chi connectivity index (χ0) is 14.1. The molecule has 0 aliphatic heterocycles. The van der Waals surface area contributed by atoms with Crippen molar-refractivity contribution in [2.45, 2.75) is 44.1 Å². The summed E-state index contributed by atoms with van der Waals surface area (Å²) in [6.45, 7) is 1.36. The zero-order valence-electron chi connectivity index (χ0n) is 11.5. The smallest absolute Gasteiger partial charge is 0.305 e. The third-order valence-electron chi connectivity index (χ3n) is 3.47. The molecular weight excluding hydrogens is 248 g/mol. The lowest BCUT2D eigenvalue weighted by atomic mass is 9.79. The molecule has 0 unspecified atom stereocenters. The summed E-state index contributed by atoms with van der Waals surface area (Å²) in [6, 6.07) is 0. The maximum absolute atomic E-state index is 11.9. The number of nitrogens with one attached hydrogen (secondary N) is 2. The molecule has 1 amide bonds. The van der Waals surface area contributed by atoms with Crippen LogP contribution in [0.5, 0.6) is 0 Å². The van der Waals surface area contributed by atoms with Crippen molar-refractivity contribution in [3.05, 3.63) is 0 Å². The van der Waals surface area contributed by atoms with Gasteiger partial charge in [0.1, 0.15) is 0 Å². The molecule has 0 bridgehead atoms. The zero-order valence-corrected chi connectivity index (χ0v) is 11.5. The number of rotatable bonds is 8. The Morgan fingerprint density at radius 1 is 1.26 bits per heavy atom. The first-order chi connectivity index (χ1) is 9.08. The van der Waals surface area contributed by atoms with E-state index in [1.54, 1.807) is 7.11 Å². The van der Waals surface area contributed by atoms with Crippen LogP contribution in [0.1, 0.15) is 38.5 Å². The number of carboxylic acids is 1. The number of methoxy groups -OCH3 is 1. The molecule has 0 atom stereocenters. The number of carboxylic acid groups (broad SMARTS) is 1. The molecule has 6 nitrogen and oxygen atoms in total. The van der Waals surface area contributed by atoms with Gasteiger partial charge >= 0.3 is 5.97 Å². The number of aliphatic carboxylic acids is 1. The van der Waals surface area contributed by atoms with Crippen LogP contribution in [0.4, 0.5) is 0 Å². The highest BCUT2D eigenvalue weighted by molar-refractivity contribution is 5.80. The van der Waals surface area contributed by atoms with Gasteiger partial charge in [0.25, 0.3) is 0 Å². The van der Waals surface area contributed by atoms with Gasteiger partial charge in [-0.1, -0.05) is 19.3 Å². The van der Waals surface area contributed by atoms with Gasteiger partial charge in [-0.2, -0.15) is 0 Å². The average molecular weight is 272 g/mol. The highest BCUT2D eigenvalue weighted by atomic mass is 16.5. The molecule has 3 N–H and O–H groups in total.